The van der Waals surface area contributed by atoms with E-state index >= 15 is 0 Å². The molecule has 1 fully saturated rings. The molecule has 154 valence electrons. The molecule has 0 radical (unpaired) electrons. The van der Waals surface area contributed by atoms with Crippen molar-refractivity contribution in [2.45, 2.75) is 45.6 Å². The quantitative estimate of drug-likeness (QED) is 0.737. The third-order valence-electron chi connectivity index (χ3n) is 5.73. The summed E-state index contributed by atoms with van der Waals surface area (Å²) in [5.74, 6) is 0.644. The zero-order chi connectivity index (χ0) is 20.6. The molecule has 3 rings (SSSR count). The van der Waals surface area contributed by atoms with Crippen molar-refractivity contribution in [3.63, 3.8) is 0 Å². The van der Waals surface area contributed by atoms with Gasteiger partial charge in [-0.1, -0.05) is 30.3 Å². The molecule has 0 aliphatic carbocycles. The number of rotatable bonds is 7. The van der Waals surface area contributed by atoms with Crippen molar-refractivity contribution in [3.8, 4) is 0 Å². The van der Waals surface area contributed by atoms with Gasteiger partial charge < -0.3 is 10.6 Å². The monoisotopic (exact) mass is 393 g/mol. The fourth-order valence-electron chi connectivity index (χ4n) is 3.90. The first-order valence-corrected chi connectivity index (χ1v) is 10.5. The summed E-state index contributed by atoms with van der Waals surface area (Å²) in [6, 6.07) is 17.7. The summed E-state index contributed by atoms with van der Waals surface area (Å²) in [6.45, 7) is 5.39. The number of hydrogen-bond acceptors (Lipinski definition) is 3. The lowest BCUT2D eigenvalue weighted by atomic mass is 9.90. The fourth-order valence-corrected chi connectivity index (χ4v) is 3.90. The molecule has 2 aromatic carbocycles. The zero-order valence-corrected chi connectivity index (χ0v) is 17.4. The number of likely N-dealkylation sites (tertiary alicyclic amines) is 1. The van der Waals surface area contributed by atoms with E-state index in [0.29, 0.717) is 0 Å². The Bertz CT molecular complexity index is 797. The second kappa shape index (κ2) is 10.2. The van der Waals surface area contributed by atoms with Crippen LogP contribution in [0.15, 0.2) is 54.6 Å². The van der Waals surface area contributed by atoms with Crippen LogP contribution >= 0.6 is 0 Å². The van der Waals surface area contributed by atoms with Crippen LogP contribution in [0.4, 0.5) is 11.4 Å². The van der Waals surface area contributed by atoms with Crippen LogP contribution < -0.4 is 10.6 Å². The van der Waals surface area contributed by atoms with Gasteiger partial charge in [-0.3, -0.25) is 14.5 Å². The van der Waals surface area contributed by atoms with Crippen molar-refractivity contribution >= 4 is 23.2 Å². The van der Waals surface area contributed by atoms with Gasteiger partial charge in [0.25, 0.3) is 0 Å². The van der Waals surface area contributed by atoms with Crippen molar-refractivity contribution in [2.75, 3.05) is 23.7 Å². The van der Waals surface area contributed by atoms with E-state index in [-0.39, 0.29) is 17.9 Å². The van der Waals surface area contributed by atoms with Gasteiger partial charge in [-0.25, -0.2) is 0 Å². The number of benzene rings is 2. The second-order valence-corrected chi connectivity index (χ2v) is 7.93. The molecule has 2 N–H and O–H groups in total. The highest BCUT2D eigenvalue weighted by Crippen LogP contribution is 2.24. The number of anilines is 2. The first-order chi connectivity index (χ1) is 14.0. The molecule has 0 aromatic heterocycles. The van der Waals surface area contributed by atoms with Gasteiger partial charge in [0, 0.05) is 18.3 Å². The number of carbonyl (C=O) groups excluding carboxylic acids is 2. The lowest BCUT2D eigenvalue weighted by Gasteiger charge is -2.35. The molecule has 1 aliphatic rings. The van der Waals surface area contributed by atoms with E-state index in [0.717, 1.165) is 49.6 Å². The molecule has 2 amide bonds. The van der Waals surface area contributed by atoms with E-state index in [1.165, 1.54) is 18.9 Å². The van der Waals surface area contributed by atoms with E-state index < -0.39 is 0 Å². The van der Waals surface area contributed by atoms with Gasteiger partial charge in [-0.05, 0) is 81.4 Å². The lowest BCUT2D eigenvalue weighted by Crippen LogP contribution is -2.46. The number of amides is 2. The molecular weight excluding hydrogens is 362 g/mol. The maximum absolute atomic E-state index is 12.6. The summed E-state index contributed by atoms with van der Waals surface area (Å²) < 4.78 is 0. The summed E-state index contributed by atoms with van der Waals surface area (Å²) in [7, 11) is 0. The Morgan fingerprint density at radius 2 is 1.55 bits per heavy atom. The molecular formula is C24H31N3O2. The van der Waals surface area contributed by atoms with E-state index in [1.807, 2.05) is 19.1 Å². The number of nitrogens with one attached hydrogen (secondary N) is 2. The highest BCUT2D eigenvalue weighted by atomic mass is 16.2. The lowest BCUT2D eigenvalue weighted by molar-refractivity contribution is -0.121. The van der Waals surface area contributed by atoms with Crippen molar-refractivity contribution in [3.05, 3.63) is 60.2 Å². The van der Waals surface area contributed by atoms with Crippen molar-refractivity contribution < 1.29 is 9.59 Å². The van der Waals surface area contributed by atoms with E-state index in [9.17, 15) is 9.59 Å². The highest BCUT2D eigenvalue weighted by molar-refractivity contribution is 5.95. The molecule has 0 saturated carbocycles. The molecule has 2 aromatic rings. The Balaban J connectivity index is 1.43. The third kappa shape index (κ3) is 6.43. The van der Waals surface area contributed by atoms with Crippen molar-refractivity contribution in [1.82, 2.24) is 4.90 Å². The van der Waals surface area contributed by atoms with Crippen LogP contribution in [0.2, 0.25) is 0 Å². The van der Waals surface area contributed by atoms with E-state index in [1.54, 1.807) is 12.1 Å². The Kier molecular flexibility index (Phi) is 7.42. The minimum absolute atomic E-state index is 0.0139. The largest absolute Gasteiger partial charge is 0.326 e. The molecule has 5 heteroatoms. The van der Waals surface area contributed by atoms with Gasteiger partial charge in [0.2, 0.25) is 11.8 Å². The Morgan fingerprint density at radius 3 is 2.14 bits per heavy atom. The molecule has 0 spiro atoms. The van der Waals surface area contributed by atoms with Crippen LogP contribution in [-0.4, -0.2) is 35.8 Å². The van der Waals surface area contributed by atoms with Crippen LogP contribution in [0.5, 0.6) is 0 Å². The normalized spacial score (nSPS) is 16.2. The van der Waals surface area contributed by atoms with Gasteiger partial charge in [0.15, 0.2) is 0 Å². The fraction of sp³-hybridized carbons (Fsp3) is 0.417. The number of nitrogens with zero attached hydrogens (tertiary/aromatic N) is 1. The molecule has 29 heavy (non-hydrogen) atoms. The number of hydrogen-bond donors (Lipinski definition) is 2. The first kappa shape index (κ1) is 21.1. The summed E-state index contributed by atoms with van der Waals surface area (Å²) in [5.41, 5.74) is 2.88. The molecule has 1 saturated heterocycles. The van der Waals surface area contributed by atoms with Crippen LogP contribution in [0, 0.1) is 5.92 Å². The standard InChI is InChI=1S/C24H31N3O2/c1-18(24(29)26-23-12-10-22(11-13-23)25-19(2)28)27-16-14-21(15-17-27)9-8-20-6-4-3-5-7-20/h3-7,10-13,18,21H,8-9,14-17H2,1-2H3,(H,25,28)(H,26,29). The highest BCUT2D eigenvalue weighted by Gasteiger charge is 2.26. The maximum atomic E-state index is 12.6. The third-order valence-corrected chi connectivity index (χ3v) is 5.73. The number of aryl methyl sites for hydroxylation is 1. The summed E-state index contributed by atoms with van der Waals surface area (Å²) in [4.78, 5) is 26.0. The SMILES string of the molecule is CC(=O)Nc1ccc(NC(=O)C(C)N2CCC(CCc3ccccc3)CC2)cc1. The molecule has 1 heterocycles. The Hall–Kier alpha value is -2.66. The first-order valence-electron chi connectivity index (χ1n) is 10.5. The average molecular weight is 394 g/mol. The van der Waals surface area contributed by atoms with Gasteiger partial charge in [-0.2, -0.15) is 0 Å². The van der Waals surface area contributed by atoms with Crippen molar-refractivity contribution in [2.24, 2.45) is 5.92 Å². The maximum Gasteiger partial charge on any atom is 0.241 e. The molecule has 1 unspecified atom stereocenters. The Morgan fingerprint density at radius 1 is 0.966 bits per heavy atom. The summed E-state index contributed by atoms with van der Waals surface area (Å²) >= 11 is 0. The minimum Gasteiger partial charge on any atom is -0.326 e. The van der Waals surface area contributed by atoms with Crippen molar-refractivity contribution in [1.29, 1.82) is 0 Å². The zero-order valence-electron chi connectivity index (χ0n) is 17.4. The number of carbonyl (C=O) groups is 2. The summed E-state index contributed by atoms with van der Waals surface area (Å²) in [6.07, 6.45) is 4.65. The minimum atomic E-state index is -0.153. The van der Waals surface area contributed by atoms with Gasteiger partial charge in [-0.15, -0.1) is 0 Å². The molecule has 1 atom stereocenters. The smallest absolute Gasteiger partial charge is 0.241 e. The molecule has 5 nitrogen and oxygen atoms in total. The topological polar surface area (TPSA) is 61.4 Å². The number of piperidine rings is 1. The van der Waals surface area contributed by atoms with Gasteiger partial charge in [0.05, 0.1) is 6.04 Å². The van der Waals surface area contributed by atoms with Crippen LogP contribution in [0.1, 0.15) is 38.7 Å². The predicted octanol–water partition coefficient (Wildman–Crippen LogP) is 4.32. The van der Waals surface area contributed by atoms with Gasteiger partial charge >= 0.3 is 0 Å². The van der Waals surface area contributed by atoms with E-state index in [4.69, 9.17) is 0 Å². The molecule has 1 aliphatic heterocycles. The molecule has 0 bridgehead atoms. The second-order valence-electron chi connectivity index (χ2n) is 7.93. The van der Waals surface area contributed by atoms with E-state index in [2.05, 4.69) is 45.9 Å². The van der Waals surface area contributed by atoms with Crippen LogP contribution in [-0.2, 0) is 16.0 Å². The summed E-state index contributed by atoms with van der Waals surface area (Å²) in [5, 5.41) is 5.71. The van der Waals surface area contributed by atoms with Crippen LogP contribution in [0.25, 0.3) is 0 Å². The average Bonchev–Trinajstić information content (AvgIpc) is 2.74. The predicted molar refractivity (Wildman–Crippen MR) is 118 cm³/mol. The van der Waals surface area contributed by atoms with Crippen LogP contribution in [0.3, 0.4) is 0 Å². The van der Waals surface area contributed by atoms with Gasteiger partial charge in [0.1, 0.15) is 0 Å². The Labute approximate surface area is 173 Å².